The Labute approximate surface area is 115 Å². The van der Waals surface area contributed by atoms with E-state index in [0.717, 1.165) is 5.56 Å². The van der Waals surface area contributed by atoms with Crippen LogP contribution in [0.4, 0.5) is 0 Å². The Balaban J connectivity index is 2.21. The van der Waals surface area contributed by atoms with Crippen LogP contribution in [0.1, 0.15) is 21.7 Å². The summed E-state index contributed by atoms with van der Waals surface area (Å²) in [4.78, 5) is 23.0. The van der Waals surface area contributed by atoms with Crippen LogP contribution in [0.25, 0.3) is 6.08 Å². The van der Waals surface area contributed by atoms with Gasteiger partial charge < -0.3 is 19.6 Å². The molecule has 0 bridgehead atoms. The summed E-state index contributed by atoms with van der Waals surface area (Å²) in [7, 11) is 0. The fraction of sp³-hybridized carbons (Fsp3) is 0.0667. The number of carbonyl (C=O) groups excluding carboxylic acids is 2. The molecule has 1 N–H and O–H groups in total. The summed E-state index contributed by atoms with van der Waals surface area (Å²) < 4.78 is 5.00. The number of hydrogen-bond acceptors (Lipinski definition) is 4. The average molecular weight is 270 g/mol. The van der Waals surface area contributed by atoms with Gasteiger partial charge in [0.15, 0.2) is 0 Å². The Morgan fingerprint density at radius 1 is 1.25 bits per heavy atom. The van der Waals surface area contributed by atoms with Crippen molar-refractivity contribution in [3.8, 4) is 0 Å². The molecule has 0 atom stereocenters. The van der Waals surface area contributed by atoms with Gasteiger partial charge in [0.25, 0.3) is 5.91 Å². The van der Waals surface area contributed by atoms with Crippen LogP contribution in [0.3, 0.4) is 0 Å². The number of amides is 1. The first-order valence-corrected chi connectivity index (χ1v) is 5.91. The summed E-state index contributed by atoms with van der Waals surface area (Å²) in [6.45, 7) is 1.84. The molecular weight excluding hydrogens is 258 g/mol. The highest BCUT2D eigenvalue weighted by Crippen LogP contribution is 2.08. The lowest BCUT2D eigenvalue weighted by Gasteiger charge is -2.10. The molecule has 0 saturated carbocycles. The number of benzene rings is 1. The summed E-state index contributed by atoms with van der Waals surface area (Å²) in [6.07, 6.45) is 2.60. The Morgan fingerprint density at radius 2 is 2.05 bits per heavy atom. The van der Waals surface area contributed by atoms with Gasteiger partial charge in [-0.05, 0) is 31.2 Å². The van der Waals surface area contributed by atoms with E-state index in [9.17, 15) is 14.7 Å². The summed E-state index contributed by atoms with van der Waals surface area (Å²) in [5.41, 5.74) is 0.922. The van der Waals surface area contributed by atoms with Crippen molar-refractivity contribution in [1.82, 2.24) is 5.32 Å². The van der Waals surface area contributed by atoms with Gasteiger partial charge in [0.1, 0.15) is 5.76 Å². The minimum atomic E-state index is -1.48. The fourth-order valence-electron chi connectivity index (χ4n) is 1.64. The molecule has 0 aliphatic rings. The molecule has 5 heteroatoms. The van der Waals surface area contributed by atoms with Gasteiger partial charge in [0.05, 0.1) is 17.9 Å². The number of aliphatic carboxylic acids is 1. The SMILES string of the molecule is Cc1cccc(C(=O)N/C(=C/c2ccco2)C(=O)[O-])c1. The van der Waals surface area contributed by atoms with E-state index in [1.807, 2.05) is 13.0 Å². The quantitative estimate of drug-likeness (QED) is 0.844. The number of nitrogens with one attached hydrogen (secondary N) is 1. The Kier molecular flexibility index (Phi) is 4.00. The minimum absolute atomic E-state index is 0.314. The summed E-state index contributed by atoms with van der Waals surface area (Å²) in [6, 6.07) is 10.0. The number of carboxylic acids is 1. The van der Waals surface area contributed by atoms with E-state index in [2.05, 4.69) is 5.32 Å². The summed E-state index contributed by atoms with van der Waals surface area (Å²) >= 11 is 0. The number of furan rings is 1. The molecule has 1 amide bonds. The third kappa shape index (κ3) is 3.35. The van der Waals surface area contributed by atoms with Crippen molar-refractivity contribution >= 4 is 18.0 Å². The van der Waals surface area contributed by atoms with Gasteiger partial charge in [0, 0.05) is 11.6 Å². The molecule has 0 radical (unpaired) electrons. The van der Waals surface area contributed by atoms with Gasteiger partial charge in [-0.3, -0.25) is 4.79 Å². The second-order valence-electron chi connectivity index (χ2n) is 4.18. The van der Waals surface area contributed by atoms with Crippen molar-refractivity contribution in [3.05, 3.63) is 65.2 Å². The Bertz CT molecular complexity index is 656. The number of rotatable bonds is 4. The molecule has 2 rings (SSSR count). The first-order valence-electron chi connectivity index (χ1n) is 5.91. The van der Waals surface area contributed by atoms with Gasteiger partial charge in [-0.25, -0.2) is 0 Å². The highest BCUT2D eigenvalue weighted by Gasteiger charge is 2.09. The second kappa shape index (κ2) is 5.88. The van der Waals surface area contributed by atoms with Gasteiger partial charge in [-0.2, -0.15) is 0 Å². The summed E-state index contributed by atoms with van der Waals surface area (Å²) in [5, 5.41) is 13.3. The zero-order valence-electron chi connectivity index (χ0n) is 10.8. The molecule has 0 aliphatic heterocycles. The molecule has 20 heavy (non-hydrogen) atoms. The third-order valence-corrected chi connectivity index (χ3v) is 2.58. The van der Waals surface area contributed by atoms with Gasteiger partial charge in [-0.15, -0.1) is 0 Å². The van der Waals surface area contributed by atoms with E-state index in [0.29, 0.717) is 11.3 Å². The number of carboxylic acid groups (broad SMARTS) is 1. The van der Waals surface area contributed by atoms with Gasteiger partial charge >= 0.3 is 0 Å². The molecule has 0 saturated heterocycles. The monoisotopic (exact) mass is 270 g/mol. The van der Waals surface area contributed by atoms with Crippen LogP contribution in [0, 0.1) is 6.92 Å². The summed E-state index contributed by atoms with van der Waals surface area (Å²) in [5.74, 6) is -1.69. The minimum Gasteiger partial charge on any atom is -0.543 e. The van der Waals surface area contributed by atoms with Crippen molar-refractivity contribution < 1.29 is 19.1 Å². The maximum Gasteiger partial charge on any atom is 0.255 e. The van der Waals surface area contributed by atoms with Crippen molar-refractivity contribution in [2.24, 2.45) is 0 Å². The first kappa shape index (κ1) is 13.6. The molecule has 1 aromatic heterocycles. The predicted octanol–water partition coefficient (Wildman–Crippen LogP) is 1.11. The Morgan fingerprint density at radius 3 is 2.65 bits per heavy atom. The topological polar surface area (TPSA) is 82.4 Å². The zero-order chi connectivity index (χ0) is 14.5. The fourth-order valence-corrected chi connectivity index (χ4v) is 1.64. The predicted molar refractivity (Wildman–Crippen MR) is 70.3 cm³/mol. The first-order chi connectivity index (χ1) is 9.56. The lowest BCUT2D eigenvalue weighted by molar-refractivity contribution is -0.299. The third-order valence-electron chi connectivity index (χ3n) is 2.58. The number of hydrogen-bond donors (Lipinski definition) is 1. The molecule has 0 spiro atoms. The highest BCUT2D eigenvalue weighted by atomic mass is 16.4. The smallest absolute Gasteiger partial charge is 0.255 e. The largest absolute Gasteiger partial charge is 0.543 e. The highest BCUT2D eigenvalue weighted by molar-refractivity contribution is 6.02. The van der Waals surface area contributed by atoms with Crippen molar-refractivity contribution in [3.63, 3.8) is 0 Å². The maximum absolute atomic E-state index is 12.0. The molecule has 0 fully saturated rings. The second-order valence-corrected chi connectivity index (χ2v) is 4.18. The normalized spacial score (nSPS) is 11.2. The molecular formula is C15H12NO4-. The number of carbonyl (C=O) groups is 2. The van der Waals surface area contributed by atoms with Crippen LogP contribution in [0.15, 0.2) is 52.8 Å². The standard InChI is InChI=1S/C15H13NO4/c1-10-4-2-5-11(8-10)14(17)16-13(15(18)19)9-12-6-3-7-20-12/h2-9H,1H3,(H,16,17)(H,18,19)/p-1/b13-9+. The zero-order valence-corrected chi connectivity index (χ0v) is 10.8. The molecule has 0 unspecified atom stereocenters. The molecule has 102 valence electrons. The van der Waals surface area contributed by atoms with E-state index in [1.54, 1.807) is 30.3 Å². The van der Waals surface area contributed by atoms with Crippen molar-refractivity contribution in [2.45, 2.75) is 6.92 Å². The molecule has 1 heterocycles. The van der Waals surface area contributed by atoms with Crippen LogP contribution in [-0.4, -0.2) is 11.9 Å². The average Bonchev–Trinajstić information content (AvgIpc) is 2.90. The van der Waals surface area contributed by atoms with E-state index in [1.165, 1.54) is 12.3 Å². The van der Waals surface area contributed by atoms with E-state index in [4.69, 9.17) is 4.42 Å². The molecule has 5 nitrogen and oxygen atoms in total. The van der Waals surface area contributed by atoms with Crippen LogP contribution < -0.4 is 10.4 Å². The maximum atomic E-state index is 12.0. The van der Waals surface area contributed by atoms with E-state index in [-0.39, 0.29) is 5.70 Å². The van der Waals surface area contributed by atoms with Gasteiger partial charge in [0.2, 0.25) is 0 Å². The van der Waals surface area contributed by atoms with Crippen molar-refractivity contribution in [2.75, 3.05) is 0 Å². The van der Waals surface area contributed by atoms with Crippen LogP contribution in [0.2, 0.25) is 0 Å². The lowest BCUT2D eigenvalue weighted by atomic mass is 10.1. The van der Waals surface area contributed by atoms with E-state index >= 15 is 0 Å². The van der Waals surface area contributed by atoms with Crippen molar-refractivity contribution in [1.29, 1.82) is 0 Å². The lowest BCUT2D eigenvalue weighted by Crippen LogP contribution is -2.35. The number of aryl methyl sites for hydroxylation is 1. The molecule has 2 aromatic rings. The van der Waals surface area contributed by atoms with E-state index < -0.39 is 11.9 Å². The Hall–Kier alpha value is -2.82. The molecule has 1 aromatic carbocycles. The van der Waals surface area contributed by atoms with Crippen LogP contribution in [-0.2, 0) is 4.79 Å². The van der Waals surface area contributed by atoms with Crippen LogP contribution >= 0.6 is 0 Å². The molecule has 0 aliphatic carbocycles. The van der Waals surface area contributed by atoms with Gasteiger partial charge in [-0.1, -0.05) is 17.7 Å². The van der Waals surface area contributed by atoms with Crippen LogP contribution in [0.5, 0.6) is 0 Å².